The van der Waals surface area contributed by atoms with Crippen molar-refractivity contribution in [3.05, 3.63) is 61.1 Å². The molecule has 2 atom stereocenters. The van der Waals surface area contributed by atoms with Crippen LogP contribution >= 0.6 is 0 Å². The maximum Gasteiger partial charge on any atom is 0.490 e. The molecule has 11 heteroatoms. The molecule has 8 nitrogen and oxygen atoms in total. The highest BCUT2D eigenvalue weighted by Gasteiger charge is 2.38. The van der Waals surface area contributed by atoms with E-state index in [-0.39, 0.29) is 11.8 Å². The first-order chi connectivity index (χ1) is 17.7. The minimum absolute atomic E-state index is 0.0896. The second kappa shape index (κ2) is 10.9. The number of alkyl halides is 3. The Morgan fingerprint density at radius 2 is 1.78 bits per heavy atom. The van der Waals surface area contributed by atoms with Crippen LogP contribution in [0.15, 0.2) is 65.5 Å². The Morgan fingerprint density at radius 3 is 2.43 bits per heavy atom. The summed E-state index contributed by atoms with van der Waals surface area (Å²) in [6.45, 7) is 2.64. The Bertz CT molecular complexity index is 1350. The zero-order chi connectivity index (χ0) is 26.6. The van der Waals surface area contributed by atoms with Gasteiger partial charge in [-0.15, -0.1) is 0 Å². The summed E-state index contributed by atoms with van der Waals surface area (Å²) in [6, 6.07) is 16.3. The highest BCUT2D eigenvalue weighted by Crippen LogP contribution is 2.37. The number of benzene rings is 2. The zero-order valence-corrected chi connectivity index (χ0v) is 19.9. The number of oxazole rings is 1. The van der Waals surface area contributed by atoms with Crippen molar-refractivity contribution in [3.63, 3.8) is 0 Å². The summed E-state index contributed by atoms with van der Waals surface area (Å²) in [4.78, 5) is 30.1. The summed E-state index contributed by atoms with van der Waals surface area (Å²) in [7, 11) is 0. The van der Waals surface area contributed by atoms with Crippen LogP contribution in [-0.4, -0.2) is 44.2 Å². The van der Waals surface area contributed by atoms with Crippen LogP contribution < -0.4 is 5.32 Å². The fraction of sp³-hybridized carbons (Fsp3) is 0.308. The van der Waals surface area contributed by atoms with E-state index in [0.29, 0.717) is 18.5 Å². The SMILES string of the molecule is CCNC(=O)[C@H]1CC[C@@H](n2cncc2-c2ccc(-c3nc4ccccc4o3)cc2)C1.O=C(O)C(F)(F)F. The lowest BCUT2D eigenvalue weighted by atomic mass is 10.1. The Morgan fingerprint density at radius 1 is 1.11 bits per heavy atom. The largest absolute Gasteiger partial charge is 0.490 e. The van der Waals surface area contributed by atoms with Crippen molar-refractivity contribution < 1.29 is 32.3 Å². The van der Waals surface area contributed by atoms with E-state index in [4.69, 9.17) is 14.3 Å². The molecule has 2 N–H and O–H groups in total. The summed E-state index contributed by atoms with van der Waals surface area (Å²) < 4.78 is 39.8. The molecule has 2 heterocycles. The molecule has 1 aliphatic carbocycles. The number of carboxylic acid groups (broad SMARTS) is 1. The monoisotopic (exact) mass is 514 g/mol. The first kappa shape index (κ1) is 25.9. The third-order valence-corrected chi connectivity index (χ3v) is 6.15. The van der Waals surface area contributed by atoms with Crippen molar-refractivity contribution >= 4 is 23.0 Å². The van der Waals surface area contributed by atoms with Crippen LogP contribution in [0, 0.1) is 5.92 Å². The highest BCUT2D eigenvalue weighted by molar-refractivity contribution is 5.79. The highest BCUT2D eigenvalue weighted by atomic mass is 19.4. The number of rotatable bonds is 5. The second-order valence-corrected chi connectivity index (χ2v) is 8.61. The molecular weight excluding hydrogens is 489 g/mol. The molecule has 0 unspecified atom stereocenters. The van der Waals surface area contributed by atoms with Gasteiger partial charge in [0, 0.05) is 24.1 Å². The molecule has 4 aromatic rings. The number of amides is 1. The minimum atomic E-state index is -5.08. The number of aliphatic carboxylic acids is 1. The first-order valence-electron chi connectivity index (χ1n) is 11.7. The van der Waals surface area contributed by atoms with Crippen molar-refractivity contribution in [2.75, 3.05) is 6.54 Å². The smallest absolute Gasteiger partial charge is 0.475 e. The van der Waals surface area contributed by atoms with Crippen LogP contribution in [0.1, 0.15) is 32.2 Å². The average molecular weight is 515 g/mol. The number of nitrogens with one attached hydrogen (secondary N) is 1. The van der Waals surface area contributed by atoms with Gasteiger partial charge in [-0.25, -0.2) is 14.8 Å². The van der Waals surface area contributed by atoms with Gasteiger partial charge in [-0.05, 0) is 56.0 Å². The third-order valence-electron chi connectivity index (χ3n) is 6.15. The predicted octanol–water partition coefficient (Wildman–Crippen LogP) is 5.47. The van der Waals surface area contributed by atoms with E-state index in [1.165, 1.54) is 0 Å². The standard InChI is InChI=1S/C24H24N4O2.C2HF3O2/c1-2-26-23(29)18-11-12-19(13-18)28-15-25-14-21(28)16-7-9-17(10-8-16)24-27-20-5-3-4-6-22(20)30-24;3-2(4,5)1(6)7/h3-10,14-15,18-19H,2,11-13H2,1H3,(H,26,29);(H,6,7)/t18-,19+;/m0./s1. The lowest BCUT2D eigenvalue weighted by Crippen LogP contribution is -2.29. The van der Waals surface area contributed by atoms with Gasteiger partial charge in [0.05, 0.1) is 18.2 Å². The first-order valence-corrected chi connectivity index (χ1v) is 11.7. The van der Waals surface area contributed by atoms with Gasteiger partial charge in [0.2, 0.25) is 11.8 Å². The van der Waals surface area contributed by atoms with E-state index in [2.05, 4.69) is 32.0 Å². The fourth-order valence-electron chi connectivity index (χ4n) is 4.37. The molecule has 1 aliphatic rings. The number of halogens is 3. The van der Waals surface area contributed by atoms with E-state index in [0.717, 1.165) is 47.2 Å². The maximum atomic E-state index is 12.2. The van der Waals surface area contributed by atoms with Crippen LogP contribution in [0.2, 0.25) is 0 Å². The number of carbonyl (C=O) groups is 2. The van der Waals surface area contributed by atoms with Gasteiger partial charge in [0.25, 0.3) is 0 Å². The van der Waals surface area contributed by atoms with Gasteiger partial charge < -0.3 is 19.4 Å². The van der Waals surface area contributed by atoms with E-state index in [9.17, 15) is 18.0 Å². The number of hydrogen-bond acceptors (Lipinski definition) is 5. The van der Waals surface area contributed by atoms with Gasteiger partial charge in [0.15, 0.2) is 5.58 Å². The lowest BCUT2D eigenvalue weighted by molar-refractivity contribution is -0.192. The number of para-hydroxylation sites is 2. The van der Waals surface area contributed by atoms with Crippen LogP contribution in [0.3, 0.4) is 0 Å². The van der Waals surface area contributed by atoms with Crippen LogP contribution in [0.25, 0.3) is 33.8 Å². The number of imidazole rings is 1. The number of carbonyl (C=O) groups excluding carboxylic acids is 1. The van der Waals surface area contributed by atoms with E-state index in [1.807, 2.05) is 55.8 Å². The van der Waals surface area contributed by atoms with Gasteiger partial charge >= 0.3 is 12.1 Å². The molecule has 1 amide bonds. The van der Waals surface area contributed by atoms with Crippen LogP contribution in [-0.2, 0) is 9.59 Å². The average Bonchev–Trinajstić information content (AvgIpc) is 3.63. The molecule has 37 heavy (non-hydrogen) atoms. The molecular formula is C26H25F3N4O4. The second-order valence-electron chi connectivity index (χ2n) is 8.61. The Balaban J connectivity index is 0.000000405. The summed E-state index contributed by atoms with van der Waals surface area (Å²) in [5, 5.41) is 10.1. The molecule has 2 aromatic carbocycles. The van der Waals surface area contributed by atoms with Crippen molar-refractivity contribution in [2.45, 2.75) is 38.4 Å². The van der Waals surface area contributed by atoms with Crippen molar-refractivity contribution in [2.24, 2.45) is 5.92 Å². The summed E-state index contributed by atoms with van der Waals surface area (Å²) >= 11 is 0. The Hall–Kier alpha value is -4.15. The molecule has 5 rings (SSSR count). The zero-order valence-electron chi connectivity index (χ0n) is 19.9. The third kappa shape index (κ3) is 5.99. The molecule has 0 saturated heterocycles. The normalized spacial score (nSPS) is 17.3. The molecule has 1 saturated carbocycles. The minimum Gasteiger partial charge on any atom is -0.475 e. The number of aromatic nitrogens is 3. The topological polar surface area (TPSA) is 110 Å². The summed E-state index contributed by atoms with van der Waals surface area (Å²) in [5.41, 5.74) is 4.75. The number of hydrogen-bond donors (Lipinski definition) is 2. The van der Waals surface area contributed by atoms with Gasteiger partial charge in [0.1, 0.15) is 5.52 Å². The fourth-order valence-corrected chi connectivity index (χ4v) is 4.37. The van der Waals surface area contributed by atoms with Gasteiger partial charge in [-0.3, -0.25) is 4.79 Å². The predicted molar refractivity (Wildman–Crippen MR) is 129 cm³/mol. The van der Waals surface area contributed by atoms with E-state index in [1.54, 1.807) is 0 Å². The molecule has 0 radical (unpaired) electrons. The van der Waals surface area contributed by atoms with Gasteiger partial charge in [-0.1, -0.05) is 24.3 Å². The molecule has 194 valence electrons. The maximum absolute atomic E-state index is 12.2. The molecule has 0 aliphatic heterocycles. The number of fused-ring (bicyclic) bond motifs is 1. The number of nitrogens with zero attached hydrogens (tertiary/aromatic N) is 3. The lowest BCUT2D eigenvalue weighted by Gasteiger charge is -2.16. The molecule has 0 spiro atoms. The van der Waals surface area contributed by atoms with Crippen molar-refractivity contribution in [3.8, 4) is 22.7 Å². The quantitative estimate of drug-likeness (QED) is 0.366. The van der Waals surface area contributed by atoms with Crippen LogP contribution in [0.4, 0.5) is 13.2 Å². The molecule has 0 bridgehead atoms. The van der Waals surface area contributed by atoms with E-state index >= 15 is 0 Å². The van der Waals surface area contributed by atoms with Gasteiger partial charge in [-0.2, -0.15) is 13.2 Å². The molecule has 1 fully saturated rings. The van der Waals surface area contributed by atoms with Crippen molar-refractivity contribution in [1.29, 1.82) is 0 Å². The molecule has 2 aromatic heterocycles. The summed E-state index contributed by atoms with van der Waals surface area (Å²) in [6.07, 6.45) is 1.47. The Labute approximate surface area is 210 Å². The summed E-state index contributed by atoms with van der Waals surface area (Å²) in [5.74, 6) is -1.87. The van der Waals surface area contributed by atoms with E-state index < -0.39 is 12.1 Å². The van der Waals surface area contributed by atoms with Crippen LogP contribution in [0.5, 0.6) is 0 Å². The number of carboxylic acids is 1. The van der Waals surface area contributed by atoms with Crippen molar-refractivity contribution in [1.82, 2.24) is 19.9 Å². The Kier molecular flexibility index (Phi) is 7.61.